The lowest BCUT2D eigenvalue weighted by Gasteiger charge is -2.48. The molecule has 2 nitrogen and oxygen atoms in total. The molecule has 0 aromatic carbocycles. The van der Waals surface area contributed by atoms with Crippen LogP contribution in [0.15, 0.2) is 11.6 Å². The summed E-state index contributed by atoms with van der Waals surface area (Å²) in [7, 11) is 0. The van der Waals surface area contributed by atoms with Crippen molar-refractivity contribution >= 4 is 5.97 Å². The van der Waals surface area contributed by atoms with Crippen LogP contribution in [0.3, 0.4) is 0 Å². The van der Waals surface area contributed by atoms with E-state index in [2.05, 4.69) is 6.92 Å². The van der Waals surface area contributed by atoms with Crippen molar-refractivity contribution in [3.05, 3.63) is 11.6 Å². The Balaban J connectivity index is 2.08. The zero-order chi connectivity index (χ0) is 14.7. The molecule has 0 bridgehead atoms. The maximum atomic E-state index is 12.1. The lowest BCUT2D eigenvalue weighted by atomic mass is 9.59. The minimum absolute atomic E-state index is 0.114. The fourth-order valence-electron chi connectivity index (χ4n) is 4.22. The molecule has 2 heteroatoms. The van der Waals surface area contributed by atoms with E-state index in [9.17, 15) is 4.79 Å². The quantitative estimate of drug-likeness (QED) is 0.367. The van der Waals surface area contributed by atoms with Crippen LogP contribution in [0.25, 0.3) is 0 Å². The summed E-state index contributed by atoms with van der Waals surface area (Å²) < 4.78 is 28.8. The molecule has 1 spiro atoms. The summed E-state index contributed by atoms with van der Waals surface area (Å²) in [6, 6.07) is 0. The number of hydrogen-bond donors (Lipinski definition) is 0. The Kier molecular flexibility index (Phi) is 1.77. The molecule has 3 rings (SSSR count). The molecule has 0 aromatic rings. The molecule has 0 unspecified atom stereocenters. The number of carbonyl (C=O) groups is 1. The van der Waals surface area contributed by atoms with Gasteiger partial charge in [-0.2, -0.15) is 0 Å². The van der Waals surface area contributed by atoms with Crippen LogP contribution in [0, 0.1) is 23.7 Å². The van der Waals surface area contributed by atoms with Crippen LogP contribution >= 0.6 is 0 Å². The van der Waals surface area contributed by atoms with Gasteiger partial charge in [-0.3, -0.25) is 4.79 Å². The standard InChI is InChI=1S/C15H22O2/c1-9-4-6-12-10(2)5-7-13-11(3)14(16)17-15(12,13)8-9/h8,10-13H,4-7H2,1-3H3/t10-,11-,12+,13+,15+/m1/s1/i1+1D3. The van der Waals surface area contributed by atoms with E-state index in [-0.39, 0.29) is 23.7 Å². The van der Waals surface area contributed by atoms with Crippen LogP contribution in [0.2, 0.25) is 0 Å². The first-order valence-corrected chi connectivity index (χ1v) is 6.71. The maximum absolute atomic E-state index is 12.1. The predicted molar refractivity (Wildman–Crippen MR) is 66.4 cm³/mol. The van der Waals surface area contributed by atoms with Gasteiger partial charge in [0.1, 0.15) is 5.60 Å². The van der Waals surface area contributed by atoms with Gasteiger partial charge in [-0.15, -0.1) is 0 Å². The Morgan fingerprint density at radius 1 is 1.35 bits per heavy atom. The number of rotatable bonds is 0. The van der Waals surface area contributed by atoms with E-state index < -0.39 is 12.5 Å². The Morgan fingerprint density at radius 3 is 2.94 bits per heavy atom. The summed E-state index contributed by atoms with van der Waals surface area (Å²) in [6.45, 7) is 2.06. The average molecular weight is 238 g/mol. The first-order valence-electron chi connectivity index (χ1n) is 8.21. The highest BCUT2D eigenvalue weighted by molar-refractivity contribution is 5.76. The zero-order valence-corrected chi connectivity index (χ0v) is 10.5. The topological polar surface area (TPSA) is 26.3 Å². The zero-order valence-electron chi connectivity index (χ0n) is 13.5. The van der Waals surface area contributed by atoms with Gasteiger partial charge in [0.25, 0.3) is 0 Å². The van der Waals surface area contributed by atoms with Gasteiger partial charge < -0.3 is 4.74 Å². The van der Waals surface area contributed by atoms with E-state index in [1.165, 1.54) is 0 Å². The van der Waals surface area contributed by atoms with Crippen LogP contribution in [0.1, 0.15) is 50.5 Å². The predicted octanol–water partition coefficient (Wildman–Crippen LogP) is 3.32. The van der Waals surface area contributed by atoms with Crippen LogP contribution < -0.4 is 0 Å². The molecule has 2 aliphatic carbocycles. The van der Waals surface area contributed by atoms with Crippen molar-refractivity contribution in [3.63, 3.8) is 0 Å². The smallest absolute Gasteiger partial charge is 0.309 e. The van der Waals surface area contributed by atoms with E-state index in [4.69, 9.17) is 8.85 Å². The van der Waals surface area contributed by atoms with Crippen molar-refractivity contribution in [1.82, 2.24) is 0 Å². The van der Waals surface area contributed by atoms with E-state index >= 15 is 0 Å². The minimum Gasteiger partial charge on any atom is -0.454 e. The molecule has 0 aromatic heterocycles. The summed E-state index contributed by atoms with van der Waals surface area (Å²) in [4.78, 5) is 12.1. The third kappa shape index (κ3) is 1.42. The lowest BCUT2D eigenvalue weighted by molar-refractivity contribution is -0.155. The SMILES string of the molecule is [2H][13C]([2H])([2H])C1=C[C@@]23OC(=O)[C@H](C)[C@@H]2CC[C@@H](C)[C@@H]3CC1. The summed E-state index contributed by atoms with van der Waals surface area (Å²) in [5.74, 6) is 0.642. The molecule has 1 heterocycles. The van der Waals surface area contributed by atoms with Crippen molar-refractivity contribution in [2.45, 2.75) is 52.0 Å². The second-order valence-electron chi connectivity index (χ2n) is 6.04. The number of esters is 1. The van der Waals surface area contributed by atoms with Crippen LogP contribution in [0.4, 0.5) is 0 Å². The van der Waals surface area contributed by atoms with Crippen LogP contribution in [-0.4, -0.2) is 11.6 Å². The van der Waals surface area contributed by atoms with E-state index in [1.807, 2.05) is 13.0 Å². The fourth-order valence-corrected chi connectivity index (χ4v) is 4.22. The first kappa shape index (κ1) is 8.34. The Morgan fingerprint density at radius 2 is 2.18 bits per heavy atom. The third-order valence-electron chi connectivity index (χ3n) is 5.16. The third-order valence-corrected chi connectivity index (χ3v) is 5.16. The molecule has 94 valence electrons. The van der Waals surface area contributed by atoms with Gasteiger partial charge in [0.2, 0.25) is 0 Å². The number of allylic oxidation sites excluding steroid dienone is 1. The van der Waals surface area contributed by atoms with Gasteiger partial charge in [-0.05, 0) is 44.5 Å². The Bertz CT molecular complexity index is 468. The van der Waals surface area contributed by atoms with Gasteiger partial charge >= 0.3 is 5.97 Å². The maximum Gasteiger partial charge on any atom is 0.309 e. The Labute approximate surface area is 108 Å². The van der Waals surface area contributed by atoms with Gasteiger partial charge in [0.15, 0.2) is 0 Å². The molecule has 0 amide bonds. The summed E-state index contributed by atoms with van der Waals surface area (Å²) >= 11 is 0. The van der Waals surface area contributed by atoms with Crippen molar-refractivity contribution < 1.29 is 13.6 Å². The van der Waals surface area contributed by atoms with Gasteiger partial charge in [0.05, 0.1) is 5.92 Å². The number of ether oxygens (including phenoxy) is 1. The largest absolute Gasteiger partial charge is 0.454 e. The highest BCUT2D eigenvalue weighted by atomic mass is 16.6. The average Bonchev–Trinajstić information content (AvgIpc) is 2.59. The van der Waals surface area contributed by atoms with Crippen molar-refractivity contribution in [2.75, 3.05) is 0 Å². The fraction of sp³-hybridized carbons (Fsp3) is 0.800. The first-order chi connectivity index (χ1) is 9.25. The van der Waals surface area contributed by atoms with Crippen molar-refractivity contribution in [1.29, 1.82) is 0 Å². The number of hydrogen-bond acceptors (Lipinski definition) is 2. The van der Waals surface area contributed by atoms with Crippen molar-refractivity contribution in [3.8, 4) is 0 Å². The summed E-state index contributed by atoms with van der Waals surface area (Å²) in [5.41, 5.74) is -0.161. The van der Waals surface area contributed by atoms with Crippen molar-refractivity contribution in [2.24, 2.45) is 23.7 Å². The molecule has 5 atom stereocenters. The second-order valence-corrected chi connectivity index (χ2v) is 6.04. The van der Waals surface area contributed by atoms with E-state index in [1.54, 1.807) is 0 Å². The Hall–Kier alpha value is -0.790. The normalized spacial score (nSPS) is 52.5. The van der Waals surface area contributed by atoms with E-state index in [0.717, 1.165) is 19.3 Å². The highest BCUT2D eigenvalue weighted by Crippen LogP contribution is 2.56. The molecule has 0 N–H and O–H groups in total. The summed E-state index contributed by atoms with van der Waals surface area (Å²) in [6.07, 6.45) is 5.30. The van der Waals surface area contributed by atoms with Gasteiger partial charge in [-0.25, -0.2) is 0 Å². The van der Waals surface area contributed by atoms with Gasteiger partial charge in [0, 0.05) is 15.9 Å². The molecular weight excluding hydrogens is 213 g/mol. The molecule has 0 radical (unpaired) electrons. The second kappa shape index (κ2) is 3.60. The molecule has 17 heavy (non-hydrogen) atoms. The van der Waals surface area contributed by atoms with Crippen LogP contribution in [-0.2, 0) is 9.53 Å². The summed E-state index contributed by atoms with van der Waals surface area (Å²) in [5, 5.41) is 0. The minimum atomic E-state index is -2.07. The molecule has 1 saturated heterocycles. The number of carbonyl (C=O) groups excluding carboxylic acids is 1. The molecule has 2 fully saturated rings. The molecule has 1 saturated carbocycles. The highest BCUT2D eigenvalue weighted by Gasteiger charge is 2.60. The molecule has 3 aliphatic rings. The lowest BCUT2D eigenvalue weighted by Crippen LogP contribution is -2.50. The molecular formula is C15H22O2. The van der Waals surface area contributed by atoms with E-state index in [0.29, 0.717) is 17.9 Å². The monoisotopic (exact) mass is 238 g/mol. The molecule has 1 aliphatic heterocycles. The van der Waals surface area contributed by atoms with Crippen LogP contribution in [0.5, 0.6) is 0 Å². The van der Waals surface area contributed by atoms with Gasteiger partial charge in [-0.1, -0.05) is 19.4 Å².